The highest BCUT2D eigenvalue weighted by Crippen LogP contribution is 2.39. The summed E-state index contributed by atoms with van der Waals surface area (Å²) in [5, 5.41) is 0.793. The monoisotopic (exact) mass is 449 g/mol. The van der Waals surface area contributed by atoms with Gasteiger partial charge in [-0.1, -0.05) is 23.7 Å². The lowest BCUT2D eigenvalue weighted by molar-refractivity contribution is 0.0723. The third kappa shape index (κ3) is 3.44. The Balaban J connectivity index is 1.61. The summed E-state index contributed by atoms with van der Waals surface area (Å²) < 4.78 is 13.3. The van der Waals surface area contributed by atoms with Crippen molar-refractivity contribution < 1.29 is 13.9 Å². The number of amides is 1. The molecule has 0 fully saturated rings. The Morgan fingerprint density at radius 1 is 1.16 bits per heavy atom. The average Bonchev–Trinajstić information content (AvgIpc) is 3.42. The average molecular weight is 450 g/mol. The van der Waals surface area contributed by atoms with Crippen molar-refractivity contribution in [1.82, 2.24) is 14.5 Å². The number of fused-ring (bicyclic) bond motifs is 2. The zero-order chi connectivity index (χ0) is 22.2. The molecule has 4 aromatic rings. The minimum Gasteiger partial charge on any atom is -0.497 e. The van der Waals surface area contributed by atoms with Gasteiger partial charge >= 0.3 is 0 Å². The van der Waals surface area contributed by atoms with E-state index in [2.05, 4.69) is 4.98 Å². The molecular weight excluding hydrogens is 430 g/mol. The lowest BCUT2D eigenvalue weighted by atomic mass is 9.98. The zero-order valence-corrected chi connectivity index (χ0v) is 18.1. The highest BCUT2D eigenvalue weighted by atomic mass is 35.5. The van der Waals surface area contributed by atoms with Crippen molar-refractivity contribution in [2.45, 2.75) is 19.0 Å². The maximum absolute atomic E-state index is 13.5. The van der Waals surface area contributed by atoms with Crippen LogP contribution in [0.5, 0.6) is 5.75 Å². The Bertz CT molecular complexity index is 1360. The van der Waals surface area contributed by atoms with Crippen molar-refractivity contribution in [1.29, 1.82) is 0 Å². The predicted molar refractivity (Wildman–Crippen MR) is 120 cm³/mol. The number of methoxy groups -OCH3 is 1. The number of imidazole rings is 1. The number of ether oxygens (including phenoxy) is 1. The fourth-order valence-electron chi connectivity index (χ4n) is 4.22. The molecule has 8 heteroatoms. The number of rotatable bonds is 6. The molecule has 0 spiro atoms. The van der Waals surface area contributed by atoms with Crippen molar-refractivity contribution in [2.24, 2.45) is 0 Å². The summed E-state index contributed by atoms with van der Waals surface area (Å²) >= 11 is 6.13. The van der Waals surface area contributed by atoms with Gasteiger partial charge in [-0.15, -0.1) is 0 Å². The summed E-state index contributed by atoms with van der Waals surface area (Å²) in [6, 6.07) is 11.7. The molecule has 7 nitrogen and oxygen atoms in total. The standard InChI is InChI=1S/C24H20ClN3O4/c1-31-17-5-2-4-15(12-17)21-20-22(29)18-13-16(25)6-7-19(18)32-23(20)24(30)28(21)10-3-9-27-11-8-26-14-27/h2,4-8,11-14,21H,3,9-10H2,1H3. The molecule has 5 rings (SSSR count). The SMILES string of the molecule is COc1cccc(C2c3c(oc4ccc(Cl)cc4c3=O)C(=O)N2CCCn2ccnc2)c1. The first-order valence-corrected chi connectivity index (χ1v) is 10.6. The van der Waals surface area contributed by atoms with Crippen LogP contribution in [0.1, 0.15) is 34.1 Å². The third-order valence-electron chi connectivity index (χ3n) is 5.71. The van der Waals surface area contributed by atoms with E-state index in [9.17, 15) is 9.59 Å². The molecule has 3 heterocycles. The van der Waals surface area contributed by atoms with E-state index in [-0.39, 0.29) is 17.1 Å². The van der Waals surface area contributed by atoms with Crippen molar-refractivity contribution in [2.75, 3.05) is 13.7 Å². The topological polar surface area (TPSA) is 77.6 Å². The summed E-state index contributed by atoms with van der Waals surface area (Å²) in [6.45, 7) is 1.14. The molecule has 162 valence electrons. The summed E-state index contributed by atoms with van der Waals surface area (Å²) in [5.74, 6) is 0.433. The Labute approximate surface area is 188 Å². The van der Waals surface area contributed by atoms with Gasteiger partial charge in [-0.2, -0.15) is 0 Å². The van der Waals surface area contributed by atoms with Gasteiger partial charge in [-0.3, -0.25) is 9.59 Å². The second-order valence-electron chi connectivity index (χ2n) is 7.65. The van der Waals surface area contributed by atoms with Crippen LogP contribution in [0.25, 0.3) is 11.0 Å². The van der Waals surface area contributed by atoms with Gasteiger partial charge in [0.15, 0.2) is 5.43 Å². The van der Waals surface area contributed by atoms with Crippen LogP contribution in [0.2, 0.25) is 5.02 Å². The number of hydrogen-bond acceptors (Lipinski definition) is 5. The van der Waals surface area contributed by atoms with E-state index in [0.717, 1.165) is 5.56 Å². The highest BCUT2D eigenvalue weighted by molar-refractivity contribution is 6.31. The lowest BCUT2D eigenvalue weighted by Gasteiger charge is -2.25. The quantitative estimate of drug-likeness (QED) is 0.439. The van der Waals surface area contributed by atoms with E-state index < -0.39 is 6.04 Å². The molecule has 0 saturated carbocycles. The van der Waals surface area contributed by atoms with E-state index in [0.29, 0.717) is 46.8 Å². The van der Waals surface area contributed by atoms with Gasteiger partial charge in [0.25, 0.3) is 5.91 Å². The Kier molecular flexibility index (Phi) is 5.19. The minimum atomic E-state index is -0.574. The van der Waals surface area contributed by atoms with E-state index in [4.69, 9.17) is 20.8 Å². The Hall–Kier alpha value is -3.58. The second kappa shape index (κ2) is 8.16. The molecule has 1 atom stereocenters. The molecule has 1 aliphatic rings. The first-order chi connectivity index (χ1) is 15.6. The van der Waals surface area contributed by atoms with Crippen LogP contribution in [-0.2, 0) is 6.54 Å². The van der Waals surface area contributed by atoms with Gasteiger partial charge < -0.3 is 18.6 Å². The zero-order valence-electron chi connectivity index (χ0n) is 17.3. The molecule has 0 saturated heterocycles. The van der Waals surface area contributed by atoms with Crippen LogP contribution in [-0.4, -0.2) is 34.0 Å². The molecule has 1 unspecified atom stereocenters. The van der Waals surface area contributed by atoms with Crippen LogP contribution < -0.4 is 10.2 Å². The predicted octanol–water partition coefficient (Wildman–Crippen LogP) is 4.29. The number of nitrogens with zero attached hydrogens (tertiary/aromatic N) is 3. The van der Waals surface area contributed by atoms with E-state index in [1.165, 1.54) is 0 Å². The van der Waals surface area contributed by atoms with Crippen LogP contribution in [0.4, 0.5) is 0 Å². The number of aryl methyl sites for hydroxylation is 1. The number of benzene rings is 2. The fourth-order valence-corrected chi connectivity index (χ4v) is 4.40. The van der Waals surface area contributed by atoms with E-state index >= 15 is 0 Å². The number of aromatic nitrogens is 2. The molecule has 0 N–H and O–H groups in total. The molecule has 32 heavy (non-hydrogen) atoms. The van der Waals surface area contributed by atoms with Gasteiger partial charge in [0.1, 0.15) is 11.3 Å². The van der Waals surface area contributed by atoms with Crippen molar-refractivity contribution >= 4 is 28.5 Å². The molecule has 2 aromatic heterocycles. The largest absolute Gasteiger partial charge is 0.497 e. The maximum atomic E-state index is 13.5. The summed E-state index contributed by atoms with van der Waals surface area (Å²) in [5.41, 5.74) is 1.21. The highest BCUT2D eigenvalue weighted by Gasteiger charge is 2.42. The summed E-state index contributed by atoms with van der Waals surface area (Å²) in [6.07, 6.45) is 6.02. The van der Waals surface area contributed by atoms with E-state index in [1.54, 1.807) is 42.7 Å². The van der Waals surface area contributed by atoms with Crippen molar-refractivity contribution in [3.05, 3.63) is 93.3 Å². The molecule has 1 aliphatic heterocycles. The lowest BCUT2D eigenvalue weighted by Crippen LogP contribution is -2.31. The van der Waals surface area contributed by atoms with Gasteiger partial charge in [-0.05, 0) is 42.3 Å². The molecular formula is C24H20ClN3O4. The molecule has 0 aliphatic carbocycles. The van der Waals surface area contributed by atoms with Gasteiger partial charge in [-0.25, -0.2) is 4.98 Å². The number of halogens is 1. The summed E-state index contributed by atoms with van der Waals surface area (Å²) in [4.78, 5) is 32.7. The number of carbonyl (C=O) groups excluding carboxylic acids is 1. The first kappa shape index (κ1) is 20.3. The second-order valence-corrected chi connectivity index (χ2v) is 8.08. The smallest absolute Gasteiger partial charge is 0.290 e. The summed E-state index contributed by atoms with van der Waals surface area (Å²) in [7, 11) is 1.58. The van der Waals surface area contributed by atoms with Crippen molar-refractivity contribution in [3.63, 3.8) is 0 Å². The Morgan fingerprint density at radius 2 is 2.03 bits per heavy atom. The van der Waals surface area contributed by atoms with Gasteiger partial charge in [0.05, 0.1) is 30.4 Å². The first-order valence-electron chi connectivity index (χ1n) is 10.2. The third-order valence-corrected chi connectivity index (χ3v) is 5.95. The van der Waals surface area contributed by atoms with Gasteiger partial charge in [0.2, 0.25) is 5.76 Å². The molecule has 0 bridgehead atoms. The molecule has 2 aromatic carbocycles. The van der Waals surface area contributed by atoms with Crippen LogP contribution >= 0.6 is 11.6 Å². The van der Waals surface area contributed by atoms with E-state index in [1.807, 2.05) is 35.0 Å². The van der Waals surface area contributed by atoms with Gasteiger partial charge in [0, 0.05) is 30.5 Å². The fraction of sp³-hybridized carbons (Fsp3) is 0.208. The number of carbonyl (C=O) groups is 1. The number of hydrogen-bond donors (Lipinski definition) is 0. The normalized spacial score (nSPS) is 15.4. The van der Waals surface area contributed by atoms with Crippen LogP contribution in [0.15, 0.2) is 70.4 Å². The maximum Gasteiger partial charge on any atom is 0.290 e. The van der Waals surface area contributed by atoms with Crippen LogP contribution in [0.3, 0.4) is 0 Å². The minimum absolute atomic E-state index is 0.0836. The molecule has 0 radical (unpaired) electrons. The van der Waals surface area contributed by atoms with Crippen molar-refractivity contribution in [3.8, 4) is 5.75 Å². The Morgan fingerprint density at radius 3 is 2.81 bits per heavy atom. The molecule has 1 amide bonds. The van der Waals surface area contributed by atoms with Crippen LogP contribution in [0, 0.1) is 0 Å².